The number of nitrogens with zero attached hydrogens (tertiary/aromatic N) is 1. The molecule has 2 atom stereocenters. The maximum atomic E-state index is 12.0. The lowest BCUT2D eigenvalue weighted by Gasteiger charge is -2.19. The fraction of sp³-hybridized carbons (Fsp3) is 0.562. The van der Waals surface area contributed by atoms with E-state index in [2.05, 4.69) is 10.3 Å². The van der Waals surface area contributed by atoms with E-state index in [0.29, 0.717) is 18.9 Å². The molecule has 0 bridgehead atoms. The minimum absolute atomic E-state index is 0.0519. The lowest BCUT2D eigenvalue weighted by atomic mass is 9.94. The third-order valence-electron chi connectivity index (χ3n) is 3.35. The molecule has 6 nitrogen and oxygen atoms in total. The number of carbonyl (C=O) groups excluding carboxylic acids is 1. The van der Waals surface area contributed by atoms with Gasteiger partial charge in [-0.25, -0.2) is 0 Å². The number of hydrogen-bond donors (Lipinski definition) is 3. The fourth-order valence-corrected chi connectivity index (χ4v) is 2.39. The van der Waals surface area contributed by atoms with Gasteiger partial charge < -0.3 is 16.2 Å². The second-order valence-electron chi connectivity index (χ2n) is 6.01. The number of carbonyl (C=O) groups is 2. The molecule has 0 aliphatic heterocycles. The van der Waals surface area contributed by atoms with Gasteiger partial charge in [0.2, 0.25) is 5.91 Å². The molecule has 1 rings (SSSR count). The van der Waals surface area contributed by atoms with Crippen molar-refractivity contribution in [3.8, 4) is 0 Å². The number of amides is 1. The van der Waals surface area contributed by atoms with E-state index in [4.69, 9.17) is 10.8 Å². The molecule has 0 spiro atoms. The van der Waals surface area contributed by atoms with Crippen molar-refractivity contribution in [3.63, 3.8) is 0 Å². The van der Waals surface area contributed by atoms with Crippen molar-refractivity contribution in [2.75, 3.05) is 6.54 Å². The maximum absolute atomic E-state index is 12.0. The Morgan fingerprint density at radius 2 is 2.14 bits per heavy atom. The molecule has 0 aliphatic rings. The van der Waals surface area contributed by atoms with Crippen LogP contribution < -0.4 is 11.1 Å². The number of carboxylic acid groups (broad SMARTS) is 1. The molecule has 0 saturated heterocycles. The number of aromatic nitrogens is 1. The summed E-state index contributed by atoms with van der Waals surface area (Å²) in [4.78, 5) is 26.9. The Morgan fingerprint density at radius 3 is 2.68 bits per heavy atom. The smallest absolute Gasteiger partial charge is 0.303 e. The number of nitrogens with one attached hydrogen (secondary N) is 1. The Morgan fingerprint density at radius 1 is 1.41 bits per heavy atom. The topological polar surface area (TPSA) is 105 Å². The highest BCUT2D eigenvalue weighted by atomic mass is 16.4. The highest BCUT2D eigenvalue weighted by molar-refractivity contribution is 5.81. The lowest BCUT2D eigenvalue weighted by Crippen LogP contribution is -2.44. The van der Waals surface area contributed by atoms with Crippen molar-refractivity contribution in [2.24, 2.45) is 17.6 Å². The average molecular weight is 307 g/mol. The molecule has 6 heteroatoms. The zero-order valence-corrected chi connectivity index (χ0v) is 13.2. The molecule has 122 valence electrons. The van der Waals surface area contributed by atoms with Crippen molar-refractivity contribution in [1.29, 1.82) is 0 Å². The second kappa shape index (κ2) is 9.15. The summed E-state index contributed by atoms with van der Waals surface area (Å²) < 4.78 is 0. The van der Waals surface area contributed by atoms with Crippen molar-refractivity contribution in [2.45, 2.75) is 39.2 Å². The van der Waals surface area contributed by atoms with Crippen LogP contribution in [0, 0.1) is 11.8 Å². The Bertz CT molecular complexity index is 477. The first-order valence-electron chi connectivity index (χ1n) is 7.52. The lowest BCUT2D eigenvalue weighted by molar-refractivity contribution is -0.138. The van der Waals surface area contributed by atoms with Crippen LogP contribution in [0.5, 0.6) is 0 Å². The zero-order chi connectivity index (χ0) is 16.5. The van der Waals surface area contributed by atoms with Gasteiger partial charge in [-0.05, 0) is 36.3 Å². The number of carboxylic acids is 1. The summed E-state index contributed by atoms with van der Waals surface area (Å²) in [5.74, 6) is -0.806. The van der Waals surface area contributed by atoms with Crippen LogP contribution in [0.15, 0.2) is 24.5 Å². The van der Waals surface area contributed by atoms with Gasteiger partial charge in [0.1, 0.15) is 0 Å². The third-order valence-corrected chi connectivity index (χ3v) is 3.35. The molecule has 0 unspecified atom stereocenters. The molecule has 0 aliphatic carbocycles. The van der Waals surface area contributed by atoms with E-state index in [-0.39, 0.29) is 18.2 Å². The van der Waals surface area contributed by atoms with Gasteiger partial charge >= 0.3 is 5.97 Å². The molecular weight excluding hydrogens is 282 g/mol. The Hall–Kier alpha value is -1.95. The van der Waals surface area contributed by atoms with E-state index in [1.54, 1.807) is 18.5 Å². The van der Waals surface area contributed by atoms with Gasteiger partial charge in [-0.3, -0.25) is 14.6 Å². The van der Waals surface area contributed by atoms with Crippen molar-refractivity contribution < 1.29 is 14.7 Å². The minimum Gasteiger partial charge on any atom is -0.481 e. The van der Waals surface area contributed by atoms with Crippen LogP contribution in [-0.2, 0) is 16.0 Å². The predicted molar refractivity (Wildman–Crippen MR) is 84.1 cm³/mol. The number of pyridine rings is 1. The first kappa shape index (κ1) is 18.1. The van der Waals surface area contributed by atoms with E-state index in [1.165, 1.54) is 0 Å². The third kappa shape index (κ3) is 7.17. The molecule has 1 aromatic rings. The van der Waals surface area contributed by atoms with E-state index in [0.717, 1.165) is 12.0 Å². The second-order valence-corrected chi connectivity index (χ2v) is 6.01. The molecule has 1 aromatic heterocycles. The number of aliphatic carboxylic acids is 1. The molecule has 0 aromatic carbocycles. The summed E-state index contributed by atoms with van der Waals surface area (Å²) in [5, 5.41) is 11.7. The number of rotatable bonds is 9. The zero-order valence-electron chi connectivity index (χ0n) is 13.2. The number of hydrogen-bond acceptors (Lipinski definition) is 4. The first-order chi connectivity index (χ1) is 10.4. The van der Waals surface area contributed by atoms with Gasteiger partial charge in [-0.15, -0.1) is 0 Å². The van der Waals surface area contributed by atoms with Crippen LogP contribution in [-0.4, -0.2) is 34.6 Å². The molecule has 1 amide bonds. The fourth-order valence-electron chi connectivity index (χ4n) is 2.39. The maximum Gasteiger partial charge on any atom is 0.303 e. The summed E-state index contributed by atoms with van der Waals surface area (Å²) >= 11 is 0. The van der Waals surface area contributed by atoms with Crippen molar-refractivity contribution in [3.05, 3.63) is 30.1 Å². The van der Waals surface area contributed by atoms with Gasteiger partial charge in [0.05, 0.1) is 6.04 Å². The van der Waals surface area contributed by atoms with Crippen LogP contribution in [0.4, 0.5) is 0 Å². The first-order valence-corrected chi connectivity index (χ1v) is 7.52. The van der Waals surface area contributed by atoms with Crippen LogP contribution >= 0.6 is 0 Å². The van der Waals surface area contributed by atoms with E-state index in [9.17, 15) is 9.59 Å². The van der Waals surface area contributed by atoms with Crippen LogP contribution in [0.2, 0.25) is 0 Å². The van der Waals surface area contributed by atoms with Crippen LogP contribution in [0.25, 0.3) is 0 Å². The molecule has 22 heavy (non-hydrogen) atoms. The predicted octanol–water partition coefficient (Wildman–Crippen LogP) is 1.20. The van der Waals surface area contributed by atoms with Gasteiger partial charge in [-0.2, -0.15) is 0 Å². The van der Waals surface area contributed by atoms with Gasteiger partial charge in [0.15, 0.2) is 0 Å². The average Bonchev–Trinajstić information content (AvgIpc) is 2.44. The largest absolute Gasteiger partial charge is 0.481 e. The SMILES string of the molecule is CC(C)C[C@H](CNC(=O)[C@H](N)Cc1cccnc1)CC(=O)O. The molecular formula is C16H25N3O3. The van der Waals surface area contributed by atoms with Crippen LogP contribution in [0.3, 0.4) is 0 Å². The molecule has 0 saturated carbocycles. The Balaban J connectivity index is 2.46. The minimum atomic E-state index is -0.848. The van der Waals surface area contributed by atoms with E-state index in [1.807, 2.05) is 19.9 Å². The van der Waals surface area contributed by atoms with Gasteiger partial charge in [0, 0.05) is 25.4 Å². The molecule has 4 N–H and O–H groups in total. The molecule has 1 heterocycles. The highest BCUT2D eigenvalue weighted by Gasteiger charge is 2.19. The van der Waals surface area contributed by atoms with Gasteiger partial charge in [-0.1, -0.05) is 19.9 Å². The Kier molecular flexibility index (Phi) is 7.52. The molecule has 0 fully saturated rings. The monoisotopic (exact) mass is 307 g/mol. The van der Waals surface area contributed by atoms with Crippen molar-refractivity contribution in [1.82, 2.24) is 10.3 Å². The van der Waals surface area contributed by atoms with E-state index < -0.39 is 12.0 Å². The summed E-state index contributed by atoms with van der Waals surface area (Å²) in [6.45, 7) is 4.40. The summed E-state index contributed by atoms with van der Waals surface area (Å²) in [5.41, 5.74) is 6.78. The summed E-state index contributed by atoms with van der Waals surface area (Å²) in [6.07, 6.45) is 4.56. The quantitative estimate of drug-likeness (QED) is 0.636. The normalized spacial score (nSPS) is 13.6. The van der Waals surface area contributed by atoms with Gasteiger partial charge in [0.25, 0.3) is 0 Å². The Labute approximate surface area is 131 Å². The highest BCUT2D eigenvalue weighted by Crippen LogP contribution is 2.14. The van der Waals surface area contributed by atoms with Crippen LogP contribution in [0.1, 0.15) is 32.3 Å². The standard InChI is InChI=1S/C16H25N3O3/c1-11(2)6-13(8-15(20)21)10-19-16(22)14(17)7-12-4-3-5-18-9-12/h3-5,9,11,13-14H,6-8,10,17H2,1-2H3,(H,19,22)(H,20,21)/t13-,14+/m0/s1. The summed E-state index contributed by atoms with van der Waals surface area (Å²) in [7, 11) is 0. The van der Waals surface area contributed by atoms with Crippen molar-refractivity contribution >= 4 is 11.9 Å². The molecule has 0 radical (unpaired) electrons. The van der Waals surface area contributed by atoms with E-state index >= 15 is 0 Å². The number of nitrogens with two attached hydrogens (primary N) is 1. The summed E-state index contributed by atoms with van der Waals surface area (Å²) in [6, 6.07) is 3.01.